The molecule has 0 radical (unpaired) electrons. The molecule has 1 N–H and O–H groups in total. The van der Waals surface area contributed by atoms with Gasteiger partial charge in [-0.25, -0.2) is 4.79 Å². The molecule has 2 saturated heterocycles. The molecule has 0 spiro atoms. The summed E-state index contributed by atoms with van der Waals surface area (Å²) in [6.45, 7) is 1.33. The molecule has 31 heavy (non-hydrogen) atoms. The van der Waals surface area contributed by atoms with Gasteiger partial charge in [-0.05, 0) is 42.9 Å². The third kappa shape index (κ3) is 5.74. The van der Waals surface area contributed by atoms with E-state index >= 15 is 0 Å². The summed E-state index contributed by atoms with van der Waals surface area (Å²) in [4.78, 5) is 51.8. The van der Waals surface area contributed by atoms with E-state index in [9.17, 15) is 19.2 Å². The summed E-state index contributed by atoms with van der Waals surface area (Å²) in [7, 11) is 2.96. The number of esters is 1. The number of piperidine rings is 1. The van der Waals surface area contributed by atoms with Crippen LogP contribution < -0.4 is 10.1 Å². The Kier molecular flexibility index (Phi) is 7.49. The number of hydrogen-bond acceptors (Lipinski definition) is 6. The quantitative estimate of drug-likeness (QED) is 0.492. The van der Waals surface area contributed by atoms with Crippen molar-refractivity contribution in [1.29, 1.82) is 0 Å². The SMILES string of the molecule is COC(=O)CC1CCN(C(=O)C[C@H]2NC(=O)N(CCc3ccc(OC)cc3)C2=O)CC1. The number of benzene rings is 1. The number of likely N-dealkylation sites (tertiary alicyclic amines) is 1. The van der Waals surface area contributed by atoms with E-state index in [0.29, 0.717) is 25.9 Å². The third-order valence-corrected chi connectivity index (χ3v) is 5.92. The van der Waals surface area contributed by atoms with E-state index in [-0.39, 0.29) is 36.7 Å². The van der Waals surface area contributed by atoms with Crippen LogP contribution in [-0.2, 0) is 25.5 Å². The molecule has 0 aromatic heterocycles. The molecule has 2 aliphatic heterocycles. The van der Waals surface area contributed by atoms with Gasteiger partial charge in [0.2, 0.25) is 5.91 Å². The van der Waals surface area contributed by atoms with Gasteiger partial charge in [0, 0.05) is 26.1 Å². The Morgan fingerprint density at radius 3 is 2.35 bits per heavy atom. The summed E-state index contributed by atoms with van der Waals surface area (Å²) in [6, 6.07) is 6.15. The molecule has 0 bridgehead atoms. The molecule has 0 saturated carbocycles. The number of nitrogens with one attached hydrogen (secondary N) is 1. The lowest BCUT2D eigenvalue weighted by Gasteiger charge is -2.32. The minimum atomic E-state index is -0.830. The minimum absolute atomic E-state index is 0.0503. The predicted molar refractivity (Wildman–Crippen MR) is 111 cm³/mol. The van der Waals surface area contributed by atoms with Gasteiger partial charge in [0.25, 0.3) is 5.91 Å². The molecule has 168 valence electrons. The summed E-state index contributed by atoms with van der Waals surface area (Å²) in [5.41, 5.74) is 0.982. The summed E-state index contributed by atoms with van der Waals surface area (Å²) < 4.78 is 9.82. The van der Waals surface area contributed by atoms with Crippen molar-refractivity contribution < 1.29 is 28.7 Å². The first-order chi connectivity index (χ1) is 14.9. The number of hydrogen-bond donors (Lipinski definition) is 1. The molecular formula is C22H29N3O6. The second-order valence-corrected chi connectivity index (χ2v) is 7.90. The van der Waals surface area contributed by atoms with Crippen LogP contribution in [0.5, 0.6) is 5.75 Å². The molecule has 3 rings (SSSR count). The van der Waals surface area contributed by atoms with Gasteiger partial charge in [0.15, 0.2) is 0 Å². The van der Waals surface area contributed by atoms with Gasteiger partial charge < -0.3 is 19.7 Å². The number of imide groups is 1. The van der Waals surface area contributed by atoms with Crippen LogP contribution in [0.2, 0.25) is 0 Å². The van der Waals surface area contributed by atoms with Crippen molar-refractivity contribution in [3.8, 4) is 5.75 Å². The first-order valence-corrected chi connectivity index (χ1v) is 10.5. The number of carbonyl (C=O) groups is 4. The molecule has 0 unspecified atom stereocenters. The Bertz CT molecular complexity index is 817. The fourth-order valence-electron chi connectivity index (χ4n) is 3.97. The zero-order chi connectivity index (χ0) is 22.4. The molecule has 4 amide bonds. The Hall–Kier alpha value is -3.10. The molecular weight excluding hydrogens is 402 g/mol. The second kappa shape index (κ2) is 10.3. The fraction of sp³-hybridized carbons (Fsp3) is 0.545. The lowest BCUT2D eigenvalue weighted by Crippen LogP contribution is -2.43. The highest BCUT2D eigenvalue weighted by atomic mass is 16.5. The van der Waals surface area contributed by atoms with E-state index in [0.717, 1.165) is 24.2 Å². The van der Waals surface area contributed by atoms with Crippen molar-refractivity contribution in [1.82, 2.24) is 15.1 Å². The van der Waals surface area contributed by atoms with Crippen molar-refractivity contribution in [2.75, 3.05) is 33.9 Å². The second-order valence-electron chi connectivity index (χ2n) is 7.90. The van der Waals surface area contributed by atoms with Crippen LogP contribution in [0, 0.1) is 5.92 Å². The zero-order valence-corrected chi connectivity index (χ0v) is 18.0. The summed E-state index contributed by atoms with van der Waals surface area (Å²) in [6.07, 6.45) is 2.28. The highest BCUT2D eigenvalue weighted by molar-refractivity contribution is 6.05. The Labute approximate surface area is 181 Å². The molecule has 1 aromatic carbocycles. The van der Waals surface area contributed by atoms with Crippen LogP contribution in [0.15, 0.2) is 24.3 Å². The number of nitrogens with zero attached hydrogens (tertiary/aromatic N) is 2. The van der Waals surface area contributed by atoms with Crippen LogP contribution in [0.25, 0.3) is 0 Å². The Morgan fingerprint density at radius 2 is 1.74 bits per heavy atom. The zero-order valence-electron chi connectivity index (χ0n) is 18.0. The van der Waals surface area contributed by atoms with E-state index in [1.54, 1.807) is 12.0 Å². The van der Waals surface area contributed by atoms with E-state index in [4.69, 9.17) is 9.47 Å². The average Bonchev–Trinajstić information content (AvgIpc) is 3.05. The number of rotatable bonds is 8. The van der Waals surface area contributed by atoms with E-state index < -0.39 is 12.1 Å². The molecule has 9 nitrogen and oxygen atoms in total. The summed E-state index contributed by atoms with van der Waals surface area (Å²) >= 11 is 0. The van der Waals surface area contributed by atoms with E-state index in [1.165, 1.54) is 12.0 Å². The summed E-state index contributed by atoms with van der Waals surface area (Å²) in [5, 5.41) is 2.63. The monoisotopic (exact) mass is 431 g/mol. The standard InChI is InChI=1S/C22H29N3O6/c1-30-17-5-3-15(4-6-17)9-12-25-21(28)18(23-22(25)29)14-19(26)24-10-7-16(8-11-24)13-20(27)31-2/h3-6,16,18H,7-14H2,1-2H3,(H,23,29)/t18-/m1/s1. The predicted octanol–water partition coefficient (Wildman–Crippen LogP) is 1.35. The molecule has 2 fully saturated rings. The number of methoxy groups -OCH3 is 2. The van der Waals surface area contributed by atoms with Gasteiger partial charge in [0.05, 0.1) is 20.6 Å². The first kappa shape index (κ1) is 22.6. The molecule has 2 heterocycles. The lowest BCUT2D eigenvalue weighted by molar-refractivity contribution is -0.142. The minimum Gasteiger partial charge on any atom is -0.497 e. The maximum absolute atomic E-state index is 12.7. The highest BCUT2D eigenvalue weighted by Gasteiger charge is 2.39. The molecule has 9 heteroatoms. The van der Waals surface area contributed by atoms with Crippen LogP contribution >= 0.6 is 0 Å². The lowest BCUT2D eigenvalue weighted by atomic mass is 9.93. The van der Waals surface area contributed by atoms with Gasteiger partial charge in [-0.1, -0.05) is 12.1 Å². The smallest absolute Gasteiger partial charge is 0.324 e. The van der Waals surface area contributed by atoms with Gasteiger partial charge in [0.1, 0.15) is 11.8 Å². The van der Waals surface area contributed by atoms with E-state index in [1.807, 2.05) is 24.3 Å². The number of ether oxygens (including phenoxy) is 2. The largest absolute Gasteiger partial charge is 0.497 e. The van der Waals surface area contributed by atoms with Crippen LogP contribution in [0.4, 0.5) is 4.79 Å². The highest BCUT2D eigenvalue weighted by Crippen LogP contribution is 2.22. The molecule has 1 aromatic rings. The van der Waals surface area contributed by atoms with Crippen LogP contribution in [0.3, 0.4) is 0 Å². The molecule has 0 aliphatic carbocycles. The van der Waals surface area contributed by atoms with Crippen molar-refractivity contribution in [3.63, 3.8) is 0 Å². The van der Waals surface area contributed by atoms with Crippen molar-refractivity contribution in [2.24, 2.45) is 5.92 Å². The molecule has 2 aliphatic rings. The first-order valence-electron chi connectivity index (χ1n) is 10.5. The number of urea groups is 1. The Morgan fingerprint density at radius 1 is 1.06 bits per heavy atom. The number of carbonyl (C=O) groups excluding carboxylic acids is 4. The third-order valence-electron chi connectivity index (χ3n) is 5.92. The van der Waals surface area contributed by atoms with E-state index in [2.05, 4.69) is 5.32 Å². The maximum atomic E-state index is 12.7. The van der Waals surface area contributed by atoms with Crippen molar-refractivity contribution in [3.05, 3.63) is 29.8 Å². The van der Waals surface area contributed by atoms with Gasteiger partial charge in [-0.15, -0.1) is 0 Å². The Balaban J connectivity index is 1.46. The van der Waals surface area contributed by atoms with Gasteiger partial charge in [-0.3, -0.25) is 19.3 Å². The van der Waals surface area contributed by atoms with Gasteiger partial charge in [-0.2, -0.15) is 0 Å². The summed E-state index contributed by atoms with van der Waals surface area (Å²) in [5.74, 6) is 0.183. The molecule has 1 atom stereocenters. The van der Waals surface area contributed by atoms with Gasteiger partial charge >= 0.3 is 12.0 Å². The fourth-order valence-corrected chi connectivity index (χ4v) is 3.97. The topological polar surface area (TPSA) is 105 Å². The number of amides is 4. The maximum Gasteiger partial charge on any atom is 0.324 e. The van der Waals surface area contributed by atoms with Crippen molar-refractivity contribution in [2.45, 2.75) is 38.1 Å². The average molecular weight is 431 g/mol. The van der Waals surface area contributed by atoms with Crippen LogP contribution in [-0.4, -0.2) is 73.5 Å². The normalized spacial score (nSPS) is 19.4. The van der Waals surface area contributed by atoms with Crippen molar-refractivity contribution >= 4 is 23.8 Å². The van der Waals surface area contributed by atoms with Crippen LogP contribution in [0.1, 0.15) is 31.2 Å².